The van der Waals surface area contributed by atoms with Gasteiger partial charge in [-0.15, -0.1) is 0 Å². The number of amidine groups is 1. The number of rotatable bonds is 3. The first kappa shape index (κ1) is 14.0. The summed E-state index contributed by atoms with van der Waals surface area (Å²) in [4.78, 5) is 11.9. The first-order valence-electron chi connectivity index (χ1n) is 5.69. The van der Waals surface area contributed by atoms with Crippen molar-refractivity contribution in [3.63, 3.8) is 0 Å². The smallest absolute Gasteiger partial charge is 0.251 e. The molecule has 1 amide bonds. The number of nitrogens with two attached hydrogens (primary N) is 1. The Bertz CT molecular complexity index is 462. The molecule has 1 aromatic rings. The Hall–Kier alpha value is -2.04. The van der Waals surface area contributed by atoms with Gasteiger partial charge in [0, 0.05) is 17.7 Å². The summed E-state index contributed by atoms with van der Waals surface area (Å²) in [6, 6.07) is 6.65. The van der Waals surface area contributed by atoms with Gasteiger partial charge in [0.25, 0.3) is 5.91 Å². The van der Waals surface area contributed by atoms with Crippen LogP contribution in [0.15, 0.2) is 29.4 Å². The average molecular weight is 249 g/mol. The third kappa shape index (κ3) is 4.08. The van der Waals surface area contributed by atoms with Crippen LogP contribution < -0.4 is 11.1 Å². The van der Waals surface area contributed by atoms with Gasteiger partial charge in [0.15, 0.2) is 5.84 Å². The molecule has 5 nitrogen and oxygen atoms in total. The molecular formula is C13H19N3O2. The van der Waals surface area contributed by atoms with E-state index in [0.717, 1.165) is 0 Å². The number of carbonyl (C=O) groups excluding carboxylic acids is 1. The van der Waals surface area contributed by atoms with Gasteiger partial charge in [0.2, 0.25) is 0 Å². The molecule has 98 valence electrons. The van der Waals surface area contributed by atoms with E-state index in [1.807, 2.05) is 20.8 Å². The molecule has 1 rings (SSSR count). The van der Waals surface area contributed by atoms with Crippen molar-refractivity contribution >= 4 is 11.7 Å². The number of nitrogens with one attached hydrogen (secondary N) is 1. The molecule has 0 heterocycles. The number of hydrogen-bond acceptors (Lipinski definition) is 3. The van der Waals surface area contributed by atoms with E-state index in [4.69, 9.17) is 10.9 Å². The summed E-state index contributed by atoms with van der Waals surface area (Å²) in [5.41, 5.74) is 6.51. The van der Waals surface area contributed by atoms with Gasteiger partial charge in [-0.1, -0.05) is 38.1 Å². The van der Waals surface area contributed by atoms with Gasteiger partial charge in [-0.3, -0.25) is 4.79 Å². The number of nitrogens with zero attached hydrogens (tertiary/aromatic N) is 1. The van der Waals surface area contributed by atoms with E-state index in [1.54, 1.807) is 24.3 Å². The molecule has 18 heavy (non-hydrogen) atoms. The molecule has 0 radical (unpaired) electrons. The summed E-state index contributed by atoms with van der Waals surface area (Å²) in [5.74, 6) is -0.182. The SMILES string of the molecule is CC(C)(C)CNC(=O)c1cccc(C(N)=NO)c1. The highest BCUT2D eigenvalue weighted by molar-refractivity contribution is 6.01. The van der Waals surface area contributed by atoms with Crippen LogP contribution in [0.5, 0.6) is 0 Å². The van der Waals surface area contributed by atoms with Crippen molar-refractivity contribution < 1.29 is 10.0 Å². The average Bonchev–Trinajstić information content (AvgIpc) is 2.34. The Morgan fingerprint density at radius 3 is 2.56 bits per heavy atom. The minimum absolute atomic E-state index is 0.0135. The molecule has 0 aliphatic heterocycles. The predicted octanol–water partition coefficient (Wildman–Crippen LogP) is 1.56. The van der Waals surface area contributed by atoms with Crippen LogP contribution in [0.3, 0.4) is 0 Å². The van der Waals surface area contributed by atoms with Crippen LogP contribution in [0.25, 0.3) is 0 Å². The molecule has 0 bridgehead atoms. The first-order valence-corrected chi connectivity index (χ1v) is 5.69. The van der Waals surface area contributed by atoms with Crippen LogP contribution in [0.2, 0.25) is 0 Å². The normalized spacial score (nSPS) is 12.3. The lowest BCUT2D eigenvalue weighted by atomic mass is 9.97. The van der Waals surface area contributed by atoms with Crippen LogP contribution in [0.4, 0.5) is 0 Å². The summed E-state index contributed by atoms with van der Waals surface area (Å²) in [5, 5.41) is 14.3. The quantitative estimate of drug-likeness (QED) is 0.329. The highest BCUT2D eigenvalue weighted by Gasteiger charge is 2.13. The van der Waals surface area contributed by atoms with E-state index in [1.165, 1.54) is 0 Å². The van der Waals surface area contributed by atoms with Gasteiger partial charge < -0.3 is 16.3 Å². The van der Waals surface area contributed by atoms with Crippen molar-refractivity contribution in [2.45, 2.75) is 20.8 Å². The maximum absolute atomic E-state index is 11.9. The zero-order valence-electron chi connectivity index (χ0n) is 10.9. The molecule has 4 N–H and O–H groups in total. The van der Waals surface area contributed by atoms with Crippen LogP contribution in [0, 0.1) is 5.41 Å². The Kier molecular flexibility index (Phi) is 4.31. The van der Waals surface area contributed by atoms with E-state index in [9.17, 15) is 4.79 Å². The standard InChI is InChI=1S/C13H19N3O2/c1-13(2,3)8-15-12(17)10-6-4-5-9(7-10)11(14)16-18/h4-7,18H,8H2,1-3H3,(H2,14,16)(H,15,17). The van der Waals surface area contributed by atoms with E-state index in [0.29, 0.717) is 17.7 Å². The molecule has 0 aromatic heterocycles. The van der Waals surface area contributed by atoms with E-state index < -0.39 is 0 Å². The molecule has 0 saturated carbocycles. The first-order chi connectivity index (χ1) is 8.33. The zero-order valence-corrected chi connectivity index (χ0v) is 10.9. The molecule has 0 fully saturated rings. The molecule has 1 aromatic carbocycles. The van der Waals surface area contributed by atoms with Gasteiger partial charge in [0.05, 0.1) is 0 Å². The van der Waals surface area contributed by atoms with Crippen molar-refractivity contribution in [3.05, 3.63) is 35.4 Å². The molecule has 0 unspecified atom stereocenters. The third-order valence-corrected chi connectivity index (χ3v) is 2.31. The Labute approximate surface area is 107 Å². The molecule has 0 aliphatic rings. The lowest BCUT2D eigenvalue weighted by molar-refractivity contribution is 0.0939. The summed E-state index contributed by atoms with van der Waals surface area (Å²) in [6.07, 6.45) is 0. The fourth-order valence-corrected chi connectivity index (χ4v) is 1.33. The monoisotopic (exact) mass is 249 g/mol. The molecule has 0 saturated heterocycles. The van der Waals surface area contributed by atoms with Crippen molar-refractivity contribution in [2.75, 3.05) is 6.54 Å². The van der Waals surface area contributed by atoms with Gasteiger partial charge >= 0.3 is 0 Å². The van der Waals surface area contributed by atoms with Crippen LogP contribution in [-0.4, -0.2) is 23.5 Å². The highest BCUT2D eigenvalue weighted by Crippen LogP contribution is 2.11. The van der Waals surface area contributed by atoms with Crippen LogP contribution in [-0.2, 0) is 0 Å². The van der Waals surface area contributed by atoms with Gasteiger partial charge in [0.1, 0.15) is 0 Å². The number of benzene rings is 1. The van der Waals surface area contributed by atoms with E-state index in [-0.39, 0.29) is 17.2 Å². The minimum atomic E-state index is -0.169. The highest BCUT2D eigenvalue weighted by atomic mass is 16.4. The van der Waals surface area contributed by atoms with Crippen molar-refractivity contribution in [2.24, 2.45) is 16.3 Å². The van der Waals surface area contributed by atoms with Crippen LogP contribution in [0.1, 0.15) is 36.7 Å². The van der Waals surface area contributed by atoms with Crippen molar-refractivity contribution in [3.8, 4) is 0 Å². The second-order valence-corrected chi connectivity index (χ2v) is 5.31. The van der Waals surface area contributed by atoms with Crippen molar-refractivity contribution in [1.29, 1.82) is 0 Å². The van der Waals surface area contributed by atoms with Crippen LogP contribution >= 0.6 is 0 Å². The largest absolute Gasteiger partial charge is 0.409 e. The second-order valence-electron chi connectivity index (χ2n) is 5.31. The summed E-state index contributed by atoms with van der Waals surface area (Å²) >= 11 is 0. The maximum atomic E-state index is 11.9. The third-order valence-electron chi connectivity index (χ3n) is 2.31. The van der Waals surface area contributed by atoms with E-state index >= 15 is 0 Å². The zero-order chi connectivity index (χ0) is 13.8. The summed E-state index contributed by atoms with van der Waals surface area (Å²) in [6.45, 7) is 6.71. The van der Waals surface area contributed by atoms with Gasteiger partial charge in [-0.25, -0.2) is 0 Å². The summed E-state index contributed by atoms with van der Waals surface area (Å²) < 4.78 is 0. The fourth-order valence-electron chi connectivity index (χ4n) is 1.33. The molecule has 0 spiro atoms. The molecular weight excluding hydrogens is 230 g/mol. The summed E-state index contributed by atoms with van der Waals surface area (Å²) in [7, 11) is 0. The Morgan fingerprint density at radius 1 is 1.39 bits per heavy atom. The fraction of sp³-hybridized carbons (Fsp3) is 0.385. The Balaban J connectivity index is 2.81. The number of carbonyl (C=O) groups is 1. The lowest BCUT2D eigenvalue weighted by Crippen LogP contribution is -2.32. The van der Waals surface area contributed by atoms with E-state index in [2.05, 4.69) is 10.5 Å². The predicted molar refractivity (Wildman–Crippen MR) is 70.7 cm³/mol. The van der Waals surface area contributed by atoms with Gasteiger partial charge in [-0.05, 0) is 17.5 Å². The molecule has 5 heteroatoms. The van der Waals surface area contributed by atoms with Crippen molar-refractivity contribution in [1.82, 2.24) is 5.32 Å². The number of oxime groups is 1. The number of amides is 1. The topological polar surface area (TPSA) is 87.7 Å². The minimum Gasteiger partial charge on any atom is -0.409 e. The molecule has 0 aliphatic carbocycles. The second kappa shape index (κ2) is 5.53. The Morgan fingerprint density at radius 2 is 2.00 bits per heavy atom. The lowest BCUT2D eigenvalue weighted by Gasteiger charge is -2.18. The molecule has 0 atom stereocenters. The number of hydrogen-bond donors (Lipinski definition) is 3. The maximum Gasteiger partial charge on any atom is 0.251 e. The van der Waals surface area contributed by atoms with Gasteiger partial charge in [-0.2, -0.15) is 0 Å².